The molecule has 0 radical (unpaired) electrons. The first kappa shape index (κ1) is 24.8. The summed E-state index contributed by atoms with van der Waals surface area (Å²) in [5.41, 5.74) is 3.48. The van der Waals surface area contributed by atoms with Crippen molar-refractivity contribution in [3.8, 4) is 0 Å². The number of benzene rings is 1. The number of anilines is 2. The number of carbonyl (C=O) groups excluding carboxylic acids is 1. The van der Waals surface area contributed by atoms with Crippen molar-refractivity contribution in [1.29, 1.82) is 0 Å². The zero-order valence-electron chi connectivity index (χ0n) is 20.4. The molecule has 1 aromatic heterocycles. The molecule has 1 heterocycles. The molecule has 1 aliphatic carbocycles. The number of carboxylic acid groups (broad SMARTS) is 1. The monoisotopic (exact) mass is 455 g/mol. The van der Waals surface area contributed by atoms with Crippen LogP contribution in [0.5, 0.6) is 0 Å². The topological polar surface area (TPSA) is 95.7 Å². The molecule has 0 bridgehead atoms. The third kappa shape index (κ3) is 7.34. The van der Waals surface area contributed by atoms with Gasteiger partial charge in [0.25, 0.3) is 0 Å². The summed E-state index contributed by atoms with van der Waals surface area (Å²) in [6.45, 7) is 12.3. The average Bonchev–Trinajstić information content (AvgIpc) is 3.45. The minimum atomic E-state index is -0.838. The molecule has 1 aromatic carbocycles. The third-order valence-corrected chi connectivity index (χ3v) is 5.76. The molecule has 7 heteroatoms. The van der Waals surface area contributed by atoms with E-state index >= 15 is 0 Å². The van der Waals surface area contributed by atoms with Gasteiger partial charge in [-0.2, -0.15) is 0 Å². The van der Waals surface area contributed by atoms with Gasteiger partial charge < -0.3 is 19.8 Å². The Morgan fingerprint density at radius 2 is 1.79 bits per heavy atom. The highest BCUT2D eigenvalue weighted by molar-refractivity contribution is 5.95. The molecule has 0 aliphatic heterocycles. The van der Waals surface area contributed by atoms with Crippen molar-refractivity contribution in [3.63, 3.8) is 0 Å². The van der Waals surface area contributed by atoms with E-state index in [0.29, 0.717) is 29.2 Å². The molecule has 0 spiro atoms. The second kappa shape index (κ2) is 10.9. The maximum atomic E-state index is 12.9. The Bertz CT molecular complexity index is 952. The zero-order valence-corrected chi connectivity index (χ0v) is 20.4. The summed E-state index contributed by atoms with van der Waals surface area (Å²) in [7, 11) is 0. The molecule has 0 saturated heterocycles. The highest BCUT2D eigenvalue weighted by Crippen LogP contribution is 2.39. The van der Waals surface area contributed by atoms with Crippen molar-refractivity contribution >= 4 is 23.3 Å². The van der Waals surface area contributed by atoms with Gasteiger partial charge in [-0.3, -0.25) is 9.59 Å². The summed E-state index contributed by atoms with van der Waals surface area (Å²) < 4.78 is 5.38. The lowest BCUT2D eigenvalue weighted by molar-refractivity contribution is -0.137. The van der Waals surface area contributed by atoms with Crippen LogP contribution in [0.15, 0.2) is 28.8 Å². The van der Waals surface area contributed by atoms with Crippen LogP contribution >= 0.6 is 0 Å². The first-order valence-corrected chi connectivity index (χ1v) is 12.0. The summed E-state index contributed by atoms with van der Waals surface area (Å²) in [5.74, 6) is 0.770. The zero-order chi connectivity index (χ0) is 24.1. The van der Waals surface area contributed by atoms with E-state index < -0.39 is 5.97 Å². The summed E-state index contributed by atoms with van der Waals surface area (Å²) in [6, 6.07) is 7.79. The molecule has 7 nitrogen and oxygen atoms in total. The van der Waals surface area contributed by atoms with Gasteiger partial charge in [-0.1, -0.05) is 45.8 Å². The lowest BCUT2D eigenvalue weighted by Gasteiger charge is -2.31. The van der Waals surface area contributed by atoms with E-state index in [2.05, 4.69) is 43.1 Å². The lowest BCUT2D eigenvalue weighted by Crippen LogP contribution is -2.32. The number of carbonyl (C=O) groups is 2. The van der Waals surface area contributed by atoms with Crippen LogP contribution in [-0.4, -0.2) is 35.2 Å². The minimum absolute atomic E-state index is 0.0381. The van der Waals surface area contributed by atoms with Crippen molar-refractivity contribution in [3.05, 3.63) is 41.3 Å². The number of nitrogens with zero attached hydrogens (tertiary/aromatic N) is 2. The number of amides is 1. The molecule has 1 aliphatic rings. The largest absolute Gasteiger partial charge is 0.481 e. The normalized spacial score (nSPS) is 14.5. The molecule has 33 heavy (non-hydrogen) atoms. The van der Waals surface area contributed by atoms with Gasteiger partial charge in [-0.15, -0.1) is 0 Å². The summed E-state index contributed by atoms with van der Waals surface area (Å²) >= 11 is 0. The first-order chi connectivity index (χ1) is 15.6. The fourth-order valence-corrected chi connectivity index (χ4v) is 4.11. The van der Waals surface area contributed by atoms with Crippen LogP contribution in [0.1, 0.15) is 82.7 Å². The third-order valence-electron chi connectivity index (χ3n) is 5.76. The predicted molar refractivity (Wildman–Crippen MR) is 130 cm³/mol. The molecule has 1 fully saturated rings. The molecule has 1 unspecified atom stereocenters. The van der Waals surface area contributed by atoms with Crippen LogP contribution in [0.2, 0.25) is 0 Å². The van der Waals surface area contributed by atoms with E-state index in [4.69, 9.17) is 4.52 Å². The van der Waals surface area contributed by atoms with Gasteiger partial charge in [0.1, 0.15) is 5.76 Å². The van der Waals surface area contributed by atoms with E-state index in [0.717, 1.165) is 42.9 Å². The average molecular weight is 456 g/mol. The minimum Gasteiger partial charge on any atom is -0.481 e. The Labute approximate surface area is 196 Å². The number of carboxylic acids is 1. The van der Waals surface area contributed by atoms with E-state index in [-0.39, 0.29) is 24.7 Å². The second-order valence-electron chi connectivity index (χ2n) is 10.2. The van der Waals surface area contributed by atoms with Crippen molar-refractivity contribution in [2.45, 2.75) is 72.1 Å². The van der Waals surface area contributed by atoms with Gasteiger partial charge in [0.15, 0.2) is 0 Å². The van der Waals surface area contributed by atoms with Crippen molar-refractivity contribution in [1.82, 2.24) is 5.16 Å². The number of hydrogen-bond acceptors (Lipinski definition) is 5. The first-order valence-electron chi connectivity index (χ1n) is 12.0. The number of nitrogens with one attached hydrogen (secondary N) is 1. The summed E-state index contributed by atoms with van der Waals surface area (Å²) in [4.78, 5) is 26.5. The molecule has 2 aromatic rings. The van der Waals surface area contributed by atoms with Gasteiger partial charge in [0.2, 0.25) is 5.91 Å². The second-order valence-corrected chi connectivity index (χ2v) is 10.2. The van der Waals surface area contributed by atoms with Crippen molar-refractivity contribution in [2.75, 3.05) is 23.3 Å². The van der Waals surface area contributed by atoms with Crippen LogP contribution in [-0.2, 0) is 16.0 Å². The van der Waals surface area contributed by atoms with Crippen LogP contribution in [0.4, 0.5) is 11.4 Å². The SMILES string of the molecule is CC(C)CN(CC(C)C)c1ccc(C(C)CC(=O)O)cc1NC(=O)Cc1cc(C2CC2)no1. The number of aliphatic carboxylic acids is 1. The van der Waals surface area contributed by atoms with Gasteiger partial charge >= 0.3 is 5.97 Å². The van der Waals surface area contributed by atoms with Gasteiger partial charge in [-0.25, -0.2) is 0 Å². The Hall–Kier alpha value is -2.83. The highest BCUT2D eigenvalue weighted by Gasteiger charge is 2.27. The summed E-state index contributed by atoms with van der Waals surface area (Å²) in [6.07, 6.45) is 2.41. The molecule has 1 saturated carbocycles. The molecule has 180 valence electrons. The summed E-state index contributed by atoms with van der Waals surface area (Å²) in [5, 5.41) is 16.4. The molecule has 2 N–H and O–H groups in total. The van der Waals surface area contributed by atoms with Crippen LogP contribution < -0.4 is 10.2 Å². The van der Waals surface area contributed by atoms with E-state index in [1.165, 1.54) is 0 Å². The molecule has 3 rings (SSSR count). The van der Waals surface area contributed by atoms with Crippen LogP contribution in [0, 0.1) is 11.8 Å². The Morgan fingerprint density at radius 3 is 2.36 bits per heavy atom. The van der Waals surface area contributed by atoms with Gasteiger partial charge in [0, 0.05) is 25.1 Å². The number of rotatable bonds is 12. The van der Waals surface area contributed by atoms with Crippen molar-refractivity contribution < 1.29 is 19.2 Å². The Kier molecular flexibility index (Phi) is 8.16. The predicted octanol–water partition coefficient (Wildman–Crippen LogP) is 5.43. The van der Waals surface area contributed by atoms with Crippen LogP contribution in [0.3, 0.4) is 0 Å². The fraction of sp³-hybridized carbons (Fsp3) is 0.577. The van der Waals surface area contributed by atoms with Crippen molar-refractivity contribution in [2.24, 2.45) is 11.8 Å². The number of hydrogen-bond donors (Lipinski definition) is 2. The maximum Gasteiger partial charge on any atom is 0.303 e. The van der Waals surface area contributed by atoms with Gasteiger partial charge in [0.05, 0.1) is 29.9 Å². The fourth-order valence-electron chi connectivity index (χ4n) is 4.11. The molecule has 1 amide bonds. The molecule has 1 atom stereocenters. The Balaban J connectivity index is 1.85. The van der Waals surface area contributed by atoms with Crippen LogP contribution in [0.25, 0.3) is 0 Å². The molecular formula is C26H37N3O4. The Morgan fingerprint density at radius 1 is 1.12 bits per heavy atom. The van der Waals surface area contributed by atoms with Gasteiger partial charge in [-0.05, 0) is 48.3 Å². The quantitative estimate of drug-likeness (QED) is 0.443. The molecular weight excluding hydrogens is 418 g/mol. The number of aromatic nitrogens is 1. The smallest absolute Gasteiger partial charge is 0.303 e. The maximum absolute atomic E-state index is 12.9. The highest BCUT2D eigenvalue weighted by atomic mass is 16.5. The lowest BCUT2D eigenvalue weighted by atomic mass is 9.96. The standard InChI is InChI=1S/C26H37N3O4/c1-16(2)14-29(15-17(3)4)24-9-8-20(18(5)10-26(31)32)11-23(24)27-25(30)13-21-12-22(28-33-21)19-6-7-19/h8-9,11-12,16-19H,6-7,10,13-15H2,1-5H3,(H,27,30)(H,31,32). The van der Waals surface area contributed by atoms with E-state index in [9.17, 15) is 14.7 Å². The van der Waals surface area contributed by atoms with E-state index in [1.807, 2.05) is 31.2 Å². The van der Waals surface area contributed by atoms with E-state index in [1.54, 1.807) is 0 Å².